The van der Waals surface area contributed by atoms with Crippen LogP contribution in [0.1, 0.15) is 6.92 Å². The molecule has 0 saturated heterocycles. The lowest BCUT2D eigenvalue weighted by Gasteiger charge is -2.13. The SMILES string of the molecule is CC(CBr)Oc1cccc2cccnc12. The minimum Gasteiger partial charge on any atom is -0.488 e. The van der Waals surface area contributed by atoms with Gasteiger partial charge in [0.1, 0.15) is 17.4 Å². The van der Waals surface area contributed by atoms with Crippen LogP contribution in [0.15, 0.2) is 36.5 Å². The summed E-state index contributed by atoms with van der Waals surface area (Å²) in [5.41, 5.74) is 0.924. The standard InChI is InChI=1S/C12H12BrNO/c1-9(8-13)15-11-6-2-4-10-5-3-7-14-12(10)11/h2-7,9H,8H2,1H3. The normalized spacial score (nSPS) is 12.7. The summed E-state index contributed by atoms with van der Waals surface area (Å²) in [5, 5.41) is 1.92. The number of rotatable bonds is 3. The van der Waals surface area contributed by atoms with Gasteiger partial charge in [0.25, 0.3) is 0 Å². The molecule has 0 saturated carbocycles. The van der Waals surface area contributed by atoms with Crippen molar-refractivity contribution < 1.29 is 4.74 Å². The number of para-hydroxylation sites is 1. The Kier molecular flexibility index (Phi) is 3.21. The van der Waals surface area contributed by atoms with Gasteiger partial charge in [-0.2, -0.15) is 0 Å². The van der Waals surface area contributed by atoms with Crippen molar-refractivity contribution in [1.29, 1.82) is 0 Å². The number of aromatic nitrogens is 1. The van der Waals surface area contributed by atoms with Crippen molar-refractivity contribution in [2.24, 2.45) is 0 Å². The molecule has 0 bridgehead atoms. The molecule has 1 aromatic carbocycles. The smallest absolute Gasteiger partial charge is 0.145 e. The summed E-state index contributed by atoms with van der Waals surface area (Å²) >= 11 is 3.39. The third kappa shape index (κ3) is 2.29. The number of benzene rings is 1. The summed E-state index contributed by atoms with van der Waals surface area (Å²) in [6.45, 7) is 2.02. The molecule has 2 rings (SSSR count). The average molecular weight is 266 g/mol. The highest BCUT2D eigenvalue weighted by Gasteiger charge is 2.06. The molecule has 0 fully saturated rings. The fourth-order valence-corrected chi connectivity index (χ4v) is 1.55. The lowest BCUT2D eigenvalue weighted by Crippen LogP contribution is -2.13. The van der Waals surface area contributed by atoms with Gasteiger partial charge in [0, 0.05) is 16.9 Å². The van der Waals surface area contributed by atoms with E-state index in [-0.39, 0.29) is 6.10 Å². The molecule has 0 amide bonds. The van der Waals surface area contributed by atoms with Crippen LogP contribution in [0.25, 0.3) is 10.9 Å². The van der Waals surface area contributed by atoms with E-state index in [4.69, 9.17) is 4.74 Å². The lowest BCUT2D eigenvalue weighted by atomic mass is 10.2. The molecule has 0 radical (unpaired) electrons. The molecule has 0 aliphatic heterocycles. The maximum absolute atomic E-state index is 5.77. The second-order valence-electron chi connectivity index (χ2n) is 3.41. The molecular formula is C12H12BrNO. The Morgan fingerprint density at radius 1 is 1.33 bits per heavy atom. The lowest BCUT2D eigenvalue weighted by molar-refractivity contribution is 0.251. The van der Waals surface area contributed by atoms with E-state index in [9.17, 15) is 0 Å². The molecule has 1 unspecified atom stereocenters. The Labute approximate surface area is 97.4 Å². The molecule has 0 spiro atoms. The zero-order valence-corrected chi connectivity index (χ0v) is 10.1. The van der Waals surface area contributed by atoms with Crippen LogP contribution in [-0.2, 0) is 0 Å². The van der Waals surface area contributed by atoms with E-state index >= 15 is 0 Å². The van der Waals surface area contributed by atoms with Crippen LogP contribution in [-0.4, -0.2) is 16.4 Å². The van der Waals surface area contributed by atoms with Crippen molar-refractivity contribution >= 4 is 26.8 Å². The minimum absolute atomic E-state index is 0.151. The van der Waals surface area contributed by atoms with Crippen molar-refractivity contribution in [1.82, 2.24) is 4.98 Å². The van der Waals surface area contributed by atoms with Crippen LogP contribution in [0.5, 0.6) is 5.75 Å². The Balaban J connectivity index is 2.42. The molecule has 2 nitrogen and oxygen atoms in total. The van der Waals surface area contributed by atoms with Gasteiger partial charge in [-0.25, -0.2) is 0 Å². The summed E-state index contributed by atoms with van der Waals surface area (Å²) < 4.78 is 5.77. The van der Waals surface area contributed by atoms with Crippen molar-refractivity contribution in [2.45, 2.75) is 13.0 Å². The molecule has 1 heterocycles. The quantitative estimate of drug-likeness (QED) is 0.794. The predicted octanol–water partition coefficient (Wildman–Crippen LogP) is 3.40. The minimum atomic E-state index is 0.151. The monoisotopic (exact) mass is 265 g/mol. The van der Waals surface area contributed by atoms with Crippen molar-refractivity contribution in [2.75, 3.05) is 5.33 Å². The highest BCUT2D eigenvalue weighted by molar-refractivity contribution is 9.09. The Morgan fingerprint density at radius 3 is 2.93 bits per heavy atom. The zero-order valence-electron chi connectivity index (χ0n) is 8.48. The summed E-state index contributed by atoms with van der Waals surface area (Å²) in [6, 6.07) is 9.94. The second kappa shape index (κ2) is 4.62. The second-order valence-corrected chi connectivity index (χ2v) is 4.06. The topological polar surface area (TPSA) is 22.1 Å². The van der Waals surface area contributed by atoms with Crippen LogP contribution >= 0.6 is 15.9 Å². The summed E-state index contributed by atoms with van der Waals surface area (Å²) in [7, 11) is 0. The molecule has 0 N–H and O–H groups in total. The first-order chi connectivity index (χ1) is 7.31. The van der Waals surface area contributed by atoms with Crippen LogP contribution in [0.2, 0.25) is 0 Å². The summed E-state index contributed by atoms with van der Waals surface area (Å²) in [4.78, 5) is 4.33. The van der Waals surface area contributed by atoms with E-state index in [1.165, 1.54) is 0 Å². The third-order valence-electron chi connectivity index (χ3n) is 2.14. The highest BCUT2D eigenvalue weighted by atomic mass is 79.9. The number of ether oxygens (including phenoxy) is 1. The summed E-state index contributed by atoms with van der Waals surface area (Å²) in [5.74, 6) is 0.847. The Morgan fingerprint density at radius 2 is 2.13 bits per heavy atom. The first kappa shape index (κ1) is 10.4. The fraction of sp³-hybridized carbons (Fsp3) is 0.250. The molecular weight excluding hydrogens is 254 g/mol. The number of halogens is 1. The number of hydrogen-bond acceptors (Lipinski definition) is 2. The Bertz CT molecular complexity index is 453. The molecule has 3 heteroatoms. The van der Waals surface area contributed by atoms with Gasteiger partial charge >= 0.3 is 0 Å². The maximum atomic E-state index is 5.77. The summed E-state index contributed by atoms with van der Waals surface area (Å²) in [6.07, 6.45) is 1.94. The largest absolute Gasteiger partial charge is 0.488 e. The number of nitrogens with zero attached hydrogens (tertiary/aromatic N) is 1. The third-order valence-corrected chi connectivity index (χ3v) is 3.05. The predicted molar refractivity (Wildman–Crippen MR) is 65.6 cm³/mol. The van der Waals surface area contributed by atoms with E-state index in [2.05, 4.69) is 20.9 Å². The van der Waals surface area contributed by atoms with Gasteiger partial charge in [0.15, 0.2) is 0 Å². The first-order valence-corrected chi connectivity index (χ1v) is 6.00. The van der Waals surface area contributed by atoms with Crippen molar-refractivity contribution in [3.05, 3.63) is 36.5 Å². The zero-order chi connectivity index (χ0) is 10.7. The van der Waals surface area contributed by atoms with Gasteiger partial charge in [-0.15, -0.1) is 0 Å². The van der Waals surface area contributed by atoms with Crippen molar-refractivity contribution in [3.8, 4) is 5.75 Å². The van der Waals surface area contributed by atoms with Gasteiger partial charge in [-0.1, -0.05) is 34.1 Å². The number of fused-ring (bicyclic) bond motifs is 1. The van der Waals surface area contributed by atoms with E-state index in [1.807, 2.05) is 37.3 Å². The number of pyridine rings is 1. The van der Waals surface area contributed by atoms with E-state index in [1.54, 1.807) is 6.20 Å². The van der Waals surface area contributed by atoms with E-state index in [0.717, 1.165) is 22.0 Å². The van der Waals surface area contributed by atoms with Crippen LogP contribution in [0.3, 0.4) is 0 Å². The number of hydrogen-bond donors (Lipinski definition) is 0. The first-order valence-electron chi connectivity index (χ1n) is 4.87. The molecule has 15 heavy (non-hydrogen) atoms. The van der Waals surface area contributed by atoms with E-state index in [0.29, 0.717) is 0 Å². The van der Waals surface area contributed by atoms with Crippen LogP contribution in [0.4, 0.5) is 0 Å². The molecule has 0 aliphatic rings. The Hall–Kier alpha value is -1.09. The molecule has 0 aliphatic carbocycles. The van der Waals surface area contributed by atoms with Gasteiger partial charge in [-0.05, 0) is 19.1 Å². The van der Waals surface area contributed by atoms with Crippen molar-refractivity contribution in [3.63, 3.8) is 0 Å². The van der Waals surface area contributed by atoms with Gasteiger partial charge in [-0.3, -0.25) is 4.98 Å². The molecule has 78 valence electrons. The fourth-order valence-electron chi connectivity index (χ4n) is 1.42. The molecule has 2 aromatic rings. The van der Waals surface area contributed by atoms with Crippen LogP contribution in [0, 0.1) is 0 Å². The maximum Gasteiger partial charge on any atom is 0.145 e. The van der Waals surface area contributed by atoms with Gasteiger partial charge in [0.2, 0.25) is 0 Å². The number of alkyl halides is 1. The molecule has 1 aromatic heterocycles. The van der Waals surface area contributed by atoms with Crippen LogP contribution < -0.4 is 4.74 Å². The highest BCUT2D eigenvalue weighted by Crippen LogP contribution is 2.24. The van der Waals surface area contributed by atoms with Gasteiger partial charge < -0.3 is 4.74 Å². The van der Waals surface area contributed by atoms with Gasteiger partial charge in [0.05, 0.1) is 0 Å². The average Bonchev–Trinajstić information content (AvgIpc) is 2.29. The van der Waals surface area contributed by atoms with E-state index < -0.39 is 0 Å². The molecule has 1 atom stereocenters.